The molecular formula is C20H28ClN3O3S. The van der Waals surface area contributed by atoms with Crippen LogP contribution in [0.15, 0.2) is 53.4 Å². The number of nitrogens with one attached hydrogen (secondary N) is 1. The van der Waals surface area contributed by atoms with E-state index >= 15 is 0 Å². The normalized spacial score (nSPS) is 11.5. The first-order valence-corrected chi connectivity index (χ1v) is 10.2. The maximum atomic E-state index is 12.9. The number of hydrogen-bond acceptors (Lipinski definition) is 4. The molecule has 0 fully saturated rings. The van der Waals surface area contributed by atoms with Crippen LogP contribution < -0.4 is 10.5 Å². The molecule has 0 radical (unpaired) electrons. The second kappa shape index (κ2) is 9.41. The van der Waals surface area contributed by atoms with Gasteiger partial charge in [-0.25, -0.2) is 8.42 Å². The van der Waals surface area contributed by atoms with Gasteiger partial charge in [0.15, 0.2) is 0 Å². The average Bonchev–Trinajstić information content (AvgIpc) is 2.61. The number of nitrogens with two attached hydrogens (primary N) is 1. The van der Waals surface area contributed by atoms with E-state index in [2.05, 4.69) is 4.72 Å². The van der Waals surface area contributed by atoms with Crippen LogP contribution in [0.2, 0.25) is 0 Å². The molecule has 0 heterocycles. The van der Waals surface area contributed by atoms with E-state index in [0.29, 0.717) is 18.7 Å². The Hall–Kier alpha value is -2.09. The molecule has 0 spiro atoms. The van der Waals surface area contributed by atoms with Gasteiger partial charge in [0, 0.05) is 13.6 Å². The van der Waals surface area contributed by atoms with Crippen molar-refractivity contribution in [1.82, 2.24) is 4.90 Å². The summed E-state index contributed by atoms with van der Waals surface area (Å²) in [5.74, 6) is -0.265. The maximum Gasteiger partial charge on any atom is 0.261 e. The second-order valence-electron chi connectivity index (χ2n) is 7.49. The Morgan fingerprint density at radius 2 is 1.68 bits per heavy atom. The number of para-hydroxylation sites is 1. The van der Waals surface area contributed by atoms with Crippen LogP contribution in [0, 0.1) is 12.3 Å². The van der Waals surface area contributed by atoms with E-state index in [4.69, 9.17) is 5.73 Å². The van der Waals surface area contributed by atoms with Crippen molar-refractivity contribution >= 4 is 34.0 Å². The molecule has 0 aliphatic carbocycles. The van der Waals surface area contributed by atoms with Gasteiger partial charge < -0.3 is 10.6 Å². The van der Waals surface area contributed by atoms with Gasteiger partial charge in [-0.1, -0.05) is 43.7 Å². The van der Waals surface area contributed by atoms with Gasteiger partial charge in [0.25, 0.3) is 15.9 Å². The van der Waals surface area contributed by atoms with Crippen molar-refractivity contribution in [2.45, 2.75) is 25.7 Å². The first-order valence-electron chi connectivity index (χ1n) is 8.70. The summed E-state index contributed by atoms with van der Waals surface area (Å²) >= 11 is 0. The number of carbonyl (C=O) groups excluding carboxylic acids is 1. The van der Waals surface area contributed by atoms with E-state index in [1.54, 1.807) is 48.3 Å². The minimum atomic E-state index is -3.79. The van der Waals surface area contributed by atoms with Crippen molar-refractivity contribution in [2.75, 3.05) is 24.9 Å². The Bertz CT molecular complexity index is 913. The fraction of sp³-hybridized carbons (Fsp3) is 0.350. The largest absolute Gasteiger partial charge is 0.341 e. The Kier molecular flexibility index (Phi) is 8.05. The average molecular weight is 426 g/mol. The molecule has 0 aliphatic rings. The van der Waals surface area contributed by atoms with E-state index in [1.807, 2.05) is 20.8 Å². The third-order valence-corrected chi connectivity index (χ3v) is 5.68. The number of sulfonamides is 1. The molecule has 28 heavy (non-hydrogen) atoms. The number of amides is 1. The molecule has 2 rings (SSSR count). The molecule has 1 amide bonds. The predicted octanol–water partition coefficient (Wildman–Crippen LogP) is 3.27. The smallest absolute Gasteiger partial charge is 0.261 e. The highest BCUT2D eigenvalue weighted by Crippen LogP contribution is 2.23. The van der Waals surface area contributed by atoms with E-state index < -0.39 is 10.0 Å². The third-order valence-electron chi connectivity index (χ3n) is 4.30. The molecule has 8 heteroatoms. The minimum Gasteiger partial charge on any atom is -0.341 e. The lowest BCUT2D eigenvalue weighted by atomic mass is 9.93. The van der Waals surface area contributed by atoms with Crippen molar-refractivity contribution < 1.29 is 13.2 Å². The molecule has 0 aromatic heterocycles. The number of aryl methyl sites for hydroxylation is 1. The van der Waals surface area contributed by atoms with Gasteiger partial charge >= 0.3 is 0 Å². The summed E-state index contributed by atoms with van der Waals surface area (Å²) < 4.78 is 27.9. The fourth-order valence-electron chi connectivity index (χ4n) is 2.66. The van der Waals surface area contributed by atoms with Crippen LogP contribution in [-0.4, -0.2) is 39.4 Å². The SMILES string of the molecule is Cc1ccc(S(=O)(=O)Nc2ccccc2C(=O)N(C)CC(C)(C)CN)cc1.Cl. The van der Waals surface area contributed by atoms with Gasteiger partial charge in [0.1, 0.15) is 0 Å². The lowest BCUT2D eigenvalue weighted by Gasteiger charge is -2.29. The zero-order valence-corrected chi connectivity index (χ0v) is 18.2. The lowest BCUT2D eigenvalue weighted by Crippen LogP contribution is -2.40. The summed E-state index contributed by atoms with van der Waals surface area (Å²) in [5, 5.41) is 0. The first-order chi connectivity index (χ1) is 12.6. The zero-order valence-electron chi connectivity index (χ0n) is 16.6. The highest BCUT2D eigenvalue weighted by molar-refractivity contribution is 7.92. The number of benzene rings is 2. The van der Waals surface area contributed by atoms with Gasteiger partial charge in [0.05, 0.1) is 16.1 Å². The molecule has 6 nitrogen and oxygen atoms in total. The fourth-order valence-corrected chi connectivity index (χ4v) is 3.74. The highest BCUT2D eigenvalue weighted by atomic mass is 35.5. The molecule has 2 aromatic rings. The van der Waals surface area contributed by atoms with E-state index in [0.717, 1.165) is 5.56 Å². The molecule has 0 aliphatic heterocycles. The molecule has 154 valence electrons. The Morgan fingerprint density at radius 1 is 1.11 bits per heavy atom. The minimum absolute atomic E-state index is 0. The number of anilines is 1. The summed E-state index contributed by atoms with van der Waals surface area (Å²) in [4.78, 5) is 14.6. The topological polar surface area (TPSA) is 92.5 Å². The van der Waals surface area contributed by atoms with Crippen LogP contribution in [0.5, 0.6) is 0 Å². The molecular weight excluding hydrogens is 398 g/mol. The highest BCUT2D eigenvalue weighted by Gasteiger charge is 2.24. The third kappa shape index (κ3) is 5.95. The monoisotopic (exact) mass is 425 g/mol. The summed E-state index contributed by atoms with van der Waals surface area (Å²) in [6.45, 7) is 6.73. The summed E-state index contributed by atoms with van der Waals surface area (Å²) in [5.41, 5.74) is 7.03. The molecule has 0 atom stereocenters. The number of halogens is 1. The molecule has 2 aromatic carbocycles. The summed E-state index contributed by atoms with van der Waals surface area (Å²) in [6, 6.07) is 13.1. The number of rotatable bonds is 7. The first kappa shape index (κ1) is 23.9. The maximum absolute atomic E-state index is 12.9. The van der Waals surface area contributed by atoms with E-state index in [-0.39, 0.29) is 34.3 Å². The van der Waals surface area contributed by atoms with Crippen LogP contribution in [0.1, 0.15) is 29.8 Å². The standard InChI is InChI=1S/C20H27N3O3S.ClH/c1-15-9-11-16(12-10-15)27(25,26)22-18-8-6-5-7-17(18)19(24)23(4)14-20(2,3)13-21;/h5-12,22H,13-14,21H2,1-4H3;1H. The van der Waals surface area contributed by atoms with E-state index in [1.165, 1.54) is 12.1 Å². The number of hydrogen-bond donors (Lipinski definition) is 2. The Balaban J connectivity index is 0.00000392. The summed E-state index contributed by atoms with van der Waals surface area (Å²) in [6.07, 6.45) is 0. The zero-order chi connectivity index (χ0) is 20.2. The predicted molar refractivity (Wildman–Crippen MR) is 115 cm³/mol. The van der Waals surface area contributed by atoms with Gasteiger partial charge in [-0.2, -0.15) is 0 Å². The van der Waals surface area contributed by atoms with Gasteiger partial charge in [-0.15, -0.1) is 12.4 Å². The Labute approximate surface area is 173 Å². The van der Waals surface area contributed by atoms with E-state index in [9.17, 15) is 13.2 Å². The number of carbonyl (C=O) groups is 1. The van der Waals surface area contributed by atoms with Crippen molar-refractivity contribution in [3.05, 3.63) is 59.7 Å². The van der Waals surface area contributed by atoms with Gasteiger partial charge in [0.2, 0.25) is 0 Å². The second-order valence-corrected chi connectivity index (χ2v) is 9.18. The van der Waals surface area contributed by atoms with Gasteiger partial charge in [-0.05, 0) is 43.1 Å². The van der Waals surface area contributed by atoms with Crippen LogP contribution >= 0.6 is 12.4 Å². The van der Waals surface area contributed by atoms with Gasteiger partial charge in [-0.3, -0.25) is 9.52 Å². The Morgan fingerprint density at radius 3 is 2.25 bits per heavy atom. The van der Waals surface area contributed by atoms with Crippen molar-refractivity contribution in [3.8, 4) is 0 Å². The molecule has 0 saturated carbocycles. The molecule has 0 unspecified atom stereocenters. The van der Waals surface area contributed by atoms with Crippen LogP contribution in [-0.2, 0) is 10.0 Å². The van der Waals surface area contributed by atoms with Crippen LogP contribution in [0.3, 0.4) is 0 Å². The summed E-state index contributed by atoms with van der Waals surface area (Å²) in [7, 11) is -2.11. The molecule has 0 saturated heterocycles. The van der Waals surface area contributed by atoms with Crippen LogP contribution in [0.4, 0.5) is 5.69 Å². The number of nitrogens with zero attached hydrogens (tertiary/aromatic N) is 1. The molecule has 0 bridgehead atoms. The van der Waals surface area contributed by atoms with Crippen molar-refractivity contribution in [2.24, 2.45) is 11.1 Å². The lowest BCUT2D eigenvalue weighted by molar-refractivity contribution is 0.0741. The quantitative estimate of drug-likeness (QED) is 0.711. The molecule has 3 N–H and O–H groups in total. The van der Waals surface area contributed by atoms with Crippen LogP contribution in [0.25, 0.3) is 0 Å². The van der Waals surface area contributed by atoms with Crippen molar-refractivity contribution in [3.63, 3.8) is 0 Å². The van der Waals surface area contributed by atoms with Crippen molar-refractivity contribution in [1.29, 1.82) is 0 Å².